The van der Waals surface area contributed by atoms with Gasteiger partial charge in [0.1, 0.15) is 11.6 Å². The normalized spacial score (nSPS) is 10.1. The Bertz CT molecular complexity index is 596. The molecule has 0 saturated carbocycles. The third kappa shape index (κ3) is 3.07. The number of hydrogen-bond acceptors (Lipinski definition) is 3. The zero-order valence-electron chi connectivity index (χ0n) is 10.7. The first-order valence-corrected chi connectivity index (χ1v) is 5.81. The molecule has 0 fully saturated rings. The number of nitrogens with zero attached hydrogens (tertiary/aromatic N) is 1. The monoisotopic (exact) mass is 259 g/mol. The lowest BCUT2D eigenvalue weighted by molar-refractivity contribution is 0.102. The zero-order valence-corrected chi connectivity index (χ0v) is 10.7. The lowest BCUT2D eigenvalue weighted by Crippen LogP contribution is -2.13. The molecule has 0 atom stereocenters. The predicted molar refractivity (Wildman–Crippen MR) is 72.9 cm³/mol. The quantitative estimate of drug-likeness (QED) is 0.891. The van der Waals surface area contributed by atoms with E-state index < -0.39 is 0 Å². The number of rotatable bonds is 3. The van der Waals surface area contributed by atoms with Crippen molar-refractivity contribution in [2.75, 3.05) is 17.7 Å². The lowest BCUT2D eigenvalue weighted by Gasteiger charge is -2.08. The Kier molecular flexibility index (Phi) is 3.75. The third-order valence-electron chi connectivity index (χ3n) is 2.73. The lowest BCUT2D eigenvalue weighted by atomic mass is 10.2. The second-order valence-electron chi connectivity index (χ2n) is 4.10. The Morgan fingerprint density at radius 3 is 2.68 bits per heavy atom. The van der Waals surface area contributed by atoms with Crippen LogP contribution >= 0.6 is 0 Å². The SMILES string of the molecule is CNc1ccc(C(=O)Nc2cc(F)ccc2C)cn1. The molecule has 0 aliphatic heterocycles. The number of pyridine rings is 1. The molecule has 0 aliphatic carbocycles. The number of hydrogen-bond donors (Lipinski definition) is 2. The first-order valence-electron chi connectivity index (χ1n) is 5.81. The van der Waals surface area contributed by atoms with E-state index in [4.69, 9.17) is 0 Å². The van der Waals surface area contributed by atoms with E-state index in [2.05, 4.69) is 15.6 Å². The Morgan fingerprint density at radius 2 is 2.05 bits per heavy atom. The molecular formula is C14H14FN3O. The molecule has 0 bridgehead atoms. The minimum Gasteiger partial charge on any atom is -0.373 e. The first kappa shape index (κ1) is 13.0. The van der Waals surface area contributed by atoms with E-state index in [-0.39, 0.29) is 11.7 Å². The van der Waals surface area contributed by atoms with Gasteiger partial charge in [0.2, 0.25) is 0 Å². The van der Waals surface area contributed by atoms with Crippen molar-refractivity contribution in [2.24, 2.45) is 0 Å². The summed E-state index contributed by atoms with van der Waals surface area (Å²) >= 11 is 0. The van der Waals surface area contributed by atoms with Crippen molar-refractivity contribution in [3.63, 3.8) is 0 Å². The summed E-state index contributed by atoms with van der Waals surface area (Å²) in [5.74, 6) is -0.0214. The van der Waals surface area contributed by atoms with Gasteiger partial charge in [-0.2, -0.15) is 0 Å². The van der Waals surface area contributed by atoms with Crippen molar-refractivity contribution < 1.29 is 9.18 Å². The smallest absolute Gasteiger partial charge is 0.257 e. The van der Waals surface area contributed by atoms with Gasteiger partial charge in [-0.3, -0.25) is 4.79 Å². The van der Waals surface area contributed by atoms with Crippen LogP contribution in [0.1, 0.15) is 15.9 Å². The minimum absolute atomic E-state index is 0.316. The van der Waals surface area contributed by atoms with E-state index in [1.807, 2.05) is 0 Å². The summed E-state index contributed by atoms with van der Waals surface area (Å²) in [4.78, 5) is 16.0. The molecule has 0 saturated heterocycles. The van der Waals surface area contributed by atoms with Gasteiger partial charge < -0.3 is 10.6 Å². The molecular weight excluding hydrogens is 245 g/mol. The molecule has 98 valence electrons. The van der Waals surface area contributed by atoms with Crippen LogP contribution in [0.2, 0.25) is 0 Å². The summed E-state index contributed by atoms with van der Waals surface area (Å²) < 4.78 is 13.1. The van der Waals surface area contributed by atoms with Gasteiger partial charge in [0.05, 0.1) is 5.56 Å². The van der Waals surface area contributed by atoms with Gasteiger partial charge in [0.25, 0.3) is 5.91 Å². The molecule has 5 heteroatoms. The molecule has 0 unspecified atom stereocenters. The molecule has 19 heavy (non-hydrogen) atoms. The van der Waals surface area contributed by atoms with Crippen molar-refractivity contribution >= 4 is 17.4 Å². The summed E-state index contributed by atoms with van der Waals surface area (Å²) in [6, 6.07) is 7.63. The highest BCUT2D eigenvalue weighted by atomic mass is 19.1. The number of anilines is 2. The number of halogens is 1. The van der Waals surface area contributed by atoms with Crippen molar-refractivity contribution in [2.45, 2.75) is 6.92 Å². The maximum atomic E-state index is 13.1. The molecule has 1 aromatic carbocycles. The molecule has 1 amide bonds. The Morgan fingerprint density at radius 1 is 1.26 bits per heavy atom. The zero-order chi connectivity index (χ0) is 13.8. The summed E-state index contributed by atoms with van der Waals surface area (Å²) in [7, 11) is 1.75. The van der Waals surface area contributed by atoms with E-state index in [9.17, 15) is 9.18 Å². The van der Waals surface area contributed by atoms with E-state index in [1.54, 1.807) is 32.2 Å². The van der Waals surface area contributed by atoms with Crippen LogP contribution in [-0.2, 0) is 0 Å². The number of nitrogens with one attached hydrogen (secondary N) is 2. The summed E-state index contributed by atoms with van der Waals surface area (Å²) in [6.07, 6.45) is 1.47. The minimum atomic E-state index is -0.385. The molecule has 2 N–H and O–H groups in total. The molecule has 0 spiro atoms. The molecule has 1 heterocycles. The number of aryl methyl sites for hydroxylation is 1. The molecule has 4 nitrogen and oxygen atoms in total. The average Bonchev–Trinajstić information content (AvgIpc) is 2.43. The van der Waals surface area contributed by atoms with Gasteiger partial charge >= 0.3 is 0 Å². The van der Waals surface area contributed by atoms with Gasteiger partial charge in [-0.1, -0.05) is 6.07 Å². The van der Waals surface area contributed by atoms with Crippen LogP contribution in [0.4, 0.5) is 15.9 Å². The number of aromatic nitrogens is 1. The van der Waals surface area contributed by atoms with Gasteiger partial charge in [0, 0.05) is 18.9 Å². The van der Waals surface area contributed by atoms with Crippen LogP contribution in [0.5, 0.6) is 0 Å². The fourth-order valence-corrected chi connectivity index (χ4v) is 1.60. The highest BCUT2D eigenvalue weighted by Crippen LogP contribution is 2.17. The van der Waals surface area contributed by atoms with E-state index in [1.165, 1.54) is 18.3 Å². The Hall–Kier alpha value is -2.43. The van der Waals surface area contributed by atoms with Gasteiger partial charge in [-0.05, 0) is 36.8 Å². The number of benzene rings is 1. The predicted octanol–water partition coefficient (Wildman–Crippen LogP) is 2.82. The first-order chi connectivity index (χ1) is 9.10. The summed E-state index contributed by atoms with van der Waals surface area (Å²) in [6.45, 7) is 1.80. The van der Waals surface area contributed by atoms with Crippen molar-refractivity contribution in [1.82, 2.24) is 4.98 Å². The number of carbonyl (C=O) groups is 1. The van der Waals surface area contributed by atoms with Crippen LogP contribution < -0.4 is 10.6 Å². The molecule has 1 aromatic heterocycles. The topological polar surface area (TPSA) is 54.0 Å². The van der Waals surface area contributed by atoms with Crippen molar-refractivity contribution in [3.8, 4) is 0 Å². The number of amides is 1. The van der Waals surface area contributed by atoms with E-state index >= 15 is 0 Å². The average molecular weight is 259 g/mol. The summed E-state index contributed by atoms with van der Waals surface area (Å²) in [5.41, 5.74) is 1.68. The highest BCUT2D eigenvalue weighted by molar-refractivity contribution is 6.04. The second-order valence-corrected chi connectivity index (χ2v) is 4.10. The van der Waals surface area contributed by atoms with Crippen LogP contribution in [0.15, 0.2) is 36.5 Å². The second kappa shape index (κ2) is 5.48. The fourth-order valence-electron chi connectivity index (χ4n) is 1.60. The van der Waals surface area contributed by atoms with E-state index in [0.29, 0.717) is 17.1 Å². The third-order valence-corrected chi connectivity index (χ3v) is 2.73. The number of carbonyl (C=O) groups excluding carboxylic acids is 1. The Labute approximate surface area is 110 Å². The van der Waals surface area contributed by atoms with E-state index in [0.717, 1.165) is 5.56 Å². The molecule has 0 radical (unpaired) electrons. The maximum Gasteiger partial charge on any atom is 0.257 e. The highest BCUT2D eigenvalue weighted by Gasteiger charge is 2.08. The summed E-state index contributed by atoms with van der Waals surface area (Å²) in [5, 5.41) is 5.53. The van der Waals surface area contributed by atoms with Crippen molar-refractivity contribution in [3.05, 3.63) is 53.5 Å². The van der Waals surface area contributed by atoms with Gasteiger partial charge in [0.15, 0.2) is 0 Å². The maximum absolute atomic E-state index is 13.1. The van der Waals surface area contributed by atoms with Crippen LogP contribution in [-0.4, -0.2) is 17.9 Å². The van der Waals surface area contributed by atoms with Gasteiger partial charge in [-0.15, -0.1) is 0 Å². The molecule has 2 rings (SSSR count). The fraction of sp³-hybridized carbons (Fsp3) is 0.143. The van der Waals surface area contributed by atoms with Crippen LogP contribution in [0, 0.1) is 12.7 Å². The molecule has 0 aliphatic rings. The van der Waals surface area contributed by atoms with Crippen molar-refractivity contribution in [1.29, 1.82) is 0 Å². The largest absolute Gasteiger partial charge is 0.373 e. The molecule has 2 aromatic rings. The van der Waals surface area contributed by atoms with Gasteiger partial charge in [-0.25, -0.2) is 9.37 Å². The van der Waals surface area contributed by atoms with Crippen LogP contribution in [0.3, 0.4) is 0 Å². The standard InChI is InChI=1S/C14H14FN3O/c1-9-3-5-11(15)7-12(9)18-14(19)10-4-6-13(16-2)17-8-10/h3-8H,1-2H3,(H,16,17)(H,18,19). The Balaban J connectivity index is 2.18. The van der Waals surface area contributed by atoms with Crippen LogP contribution in [0.25, 0.3) is 0 Å².